The van der Waals surface area contributed by atoms with Crippen molar-refractivity contribution in [3.05, 3.63) is 35.4 Å². The number of aryl methyl sites for hydroxylation is 1. The molecular weight excluding hydrogens is 192 g/mol. The first-order valence-electron chi connectivity index (χ1n) is 5.03. The van der Waals surface area contributed by atoms with Gasteiger partial charge in [-0.2, -0.15) is 0 Å². The summed E-state index contributed by atoms with van der Waals surface area (Å²) < 4.78 is 5.35. The summed E-state index contributed by atoms with van der Waals surface area (Å²) in [5, 5.41) is 8.40. The Kier molecular flexibility index (Phi) is 4.84. The van der Waals surface area contributed by atoms with Crippen molar-refractivity contribution in [1.82, 2.24) is 0 Å². The summed E-state index contributed by atoms with van der Waals surface area (Å²) in [5.74, 6) is -0.770. The number of carboxylic acids is 1. The maximum atomic E-state index is 10.2. The van der Waals surface area contributed by atoms with Gasteiger partial charge in [-0.25, -0.2) is 0 Å². The molecule has 0 saturated carbocycles. The summed E-state index contributed by atoms with van der Waals surface area (Å²) in [6, 6.07) is 8.12. The van der Waals surface area contributed by atoms with Gasteiger partial charge in [0.05, 0.1) is 6.61 Å². The lowest BCUT2D eigenvalue weighted by molar-refractivity contribution is -0.137. The fraction of sp³-hybridized carbons (Fsp3) is 0.417. The van der Waals surface area contributed by atoms with Crippen molar-refractivity contribution in [2.75, 3.05) is 6.61 Å². The zero-order valence-corrected chi connectivity index (χ0v) is 8.90. The van der Waals surface area contributed by atoms with E-state index in [0.717, 1.165) is 5.56 Å². The fourth-order valence-corrected chi connectivity index (χ4v) is 1.20. The van der Waals surface area contributed by atoms with Gasteiger partial charge >= 0.3 is 5.97 Å². The summed E-state index contributed by atoms with van der Waals surface area (Å²) in [4.78, 5) is 10.2. The highest BCUT2D eigenvalue weighted by Gasteiger charge is 1.97. The van der Waals surface area contributed by atoms with E-state index in [1.807, 2.05) is 31.2 Å². The molecule has 3 heteroatoms. The third kappa shape index (κ3) is 5.18. The standard InChI is InChI=1S/C12H16O3/c1-10-4-6-11(7-5-10)9-15-8-2-3-12(13)14/h4-7H,2-3,8-9H2,1H3,(H,13,14). The fourth-order valence-electron chi connectivity index (χ4n) is 1.20. The Balaban J connectivity index is 2.15. The Hall–Kier alpha value is -1.35. The van der Waals surface area contributed by atoms with Crippen molar-refractivity contribution in [2.45, 2.75) is 26.4 Å². The van der Waals surface area contributed by atoms with E-state index in [2.05, 4.69) is 0 Å². The van der Waals surface area contributed by atoms with Gasteiger partial charge in [0.15, 0.2) is 0 Å². The van der Waals surface area contributed by atoms with E-state index < -0.39 is 5.97 Å². The molecule has 0 aliphatic heterocycles. The lowest BCUT2D eigenvalue weighted by Crippen LogP contribution is -2.00. The maximum absolute atomic E-state index is 10.2. The quantitative estimate of drug-likeness (QED) is 0.730. The molecule has 0 amide bonds. The topological polar surface area (TPSA) is 46.5 Å². The molecular formula is C12H16O3. The highest BCUT2D eigenvalue weighted by Crippen LogP contribution is 2.04. The van der Waals surface area contributed by atoms with Crippen LogP contribution in [-0.4, -0.2) is 17.7 Å². The SMILES string of the molecule is Cc1ccc(COCCCC(=O)O)cc1. The molecule has 1 aromatic rings. The molecule has 0 saturated heterocycles. The van der Waals surface area contributed by atoms with Crippen LogP contribution in [0, 0.1) is 6.92 Å². The number of carbonyl (C=O) groups is 1. The Bertz CT molecular complexity index is 303. The van der Waals surface area contributed by atoms with Crippen molar-refractivity contribution in [3.63, 3.8) is 0 Å². The van der Waals surface area contributed by atoms with Gasteiger partial charge in [-0.15, -0.1) is 0 Å². The number of hydrogen-bond donors (Lipinski definition) is 1. The molecule has 0 aromatic heterocycles. The van der Waals surface area contributed by atoms with E-state index in [1.165, 1.54) is 5.56 Å². The average Bonchev–Trinajstić information content (AvgIpc) is 2.20. The highest BCUT2D eigenvalue weighted by atomic mass is 16.5. The van der Waals surface area contributed by atoms with Gasteiger partial charge in [0.1, 0.15) is 0 Å². The molecule has 0 aliphatic carbocycles. The van der Waals surface area contributed by atoms with E-state index in [0.29, 0.717) is 19.6 Å². The van der Waals surface area contributed by atoms with Crippen LogP contribution in [0.15, 0.2) is 24.3 Å². The minimum atomic E-state index is -0.770. The summed E-state index contributed by atoms with van der Waals surface area (Å²) in [6.07, 6.45) is 0.745. The molecule has 0 bridgehead atoms. The maximum Gasteiger partial charge on any atom is 0.303 e. The van der Waals surface area contributed by atoms with Crippen LogP contribution in [0.4, 0.5) is 0 Å². The number of ether oxygens (including phenoxy) is 1. The number of hydrogen-bond acceptors (Lipinski definition) is 2. The second-order valence-electron chi connectivity index (χ2n) is 3.54. The van der Waals surface area contributed by atoms with Crippen LogP contribution in [0.25, 0.3) is 0 Å². The van der Waals surface area contributed by atoms with Gasteiger partial charge in [0, 0.05) is 13.0 Å². The van der Waals surface area contributed by atoms with Crippen molar-refractivity contribution < 1.29 is 14.6 Å². The molecule has 0 aliphatic rings. The van der Waals surface area contributed by atoms with Crippen LogP contribution >= 0.6 is 0 Å². The lowest BCUT2D eigenvalue weighted by atomic mass is 10.2. The minimum Gasteiger partial charge on any atom is -0.481 e. The number of aliphatic carboxylic acids is 1. The first-order valence-corrected chi connectivity index (χ1v) is 5.03. The Labute approximate surface area is 89.7 Å². The first-order chi connectivity index (χ1) is 7.18. The summed E-state index contributed by atoms with van der Waals surface area (Å²) >= 11 is 0. The molecule has 15 heavy (non-hydrogen) atoms. The zero-order chi connectivity index (χ0) is 11.1. The van der Waals surface area contributed by atoms with Crippen LogP contribution < -0.4 is 0 Å². The van der Waals surface area contributed by atoms with Crippen LogP contribution in [0.5, 0.6) is 0 Å². The molecule has 0 fully saturated rings. The first kappa shape index (κ1) is 11.7. The second kappa shape index (κ2) is 6.19. The van der Waals surface area contributed by atoms with Gasteiger partial charge in [-0.3, -0.25) is 4.79 Å². The monoisotopic (exact) mass is 208 g/mol. The Morgan fingerprint density at radius 2 is 2.00 bits per heavy atom. The Morgan fingerprint density at radius 3 is 2.60 bits per heavy atom. The number of benzene rings is 1. The Morgan fingerprint density at radius 1 is 1.33 bits per heavy atom. The second-order valence-corrected chi connectivity index (χ2v) is 3.54. The van der Waals surface area contributed by atoms with Gasteiger partial charge < -0.3 is 9.84 Å². The molecule has 1 rings (SSSR count). The van der Waals surface area contributed by atoms with Crippen LogP contribution in [-0.2, 0) is 16.1 Å². The number of rotatable bonds is 6. The molecule has 1 aromatic carbocycles. The van der Waals surface area contributed by atoms with Crippen LogP contribution in [0.2, 0.25) is 0 Å². The van der Waals surface area contributed by atoms with Gasteiger partial charge in [-0.05, 0) is 18.9 Å². The van der Waals surface area contributed by atoms with E-state index >= 15 is 0 Å². The predicted molar refractivity (Wildman–Crippen MR) is 57.7 cm³/mol. The van der Waals surface area contributed by atoms with Gasteiger partial charge in [0.2, 0.25) is 0 Å². The van der Waals surface area contributed by atoms with Crippen molar-refractivity contribution in [1.29, 1.82) is 0 Å². The normalized spacial score (nSPS) is 10.2. The van der Waals surface area contributed by atoms with Crippen molar-refractivity contribution in [3.8, 4) is 0 Å². The third-order valence-electron chi connectivity index (χ3n) is 2.07. The lowest BCUT2D eigenvalue weighted by Gasteiger charge is -2.03. The van der Waals surface area contributed by atoms with E-state index in [1.54, 1.807) is 0 Å². The molecule has 82 valence electrons. The highest BCUT2D eigenvalue weighted by molar-refractivity contribution is 5.66. The van der Waals surface area contributed by atoms with Crippen LogP contribution in [0.3, 0.4) is 0 Å². The predicted octanol–water partition coefficient (Wildman–Crippen LogP) is 2.38. The van der Waals surface area contributed by atoms with Gasteiger partial charge in [0.25, 0.3) is 0 Å². The zero-order valence-electron chi connectivity index (χ0n) is 8.90. The molecule has 3 nitrogen and oxygen atoms in total. The summed E-state index contributed by atoms with van der Waals surface area (Å²) in [7, 11) is 0. The molecule has 0 atom stereocenters. The summed E-state index contributed by atoms with van der Waals surface area (Å²) in [6.45, 7) is 3.09. The molecule has 1 N–H and O–H groups in total. The molecule has 0 spiro atoms. The van der Waals surface area contributed by atoms with E-state index in [4.69, 9.17) is 9.84 Å². The smallest absolute Gasteiger partial charge is 0.303 e. The van der Waals surface area contributed by atoms with Gasteiger partial charge in [-0.1, -0.05) is 29.8 Å². The molecule has 0 unspecified atom stereocenters. The molecule has 0 radical (unpaired) electrons. The van der Waals surface area contributed by atoms with Crippen LogP contribution in [0.1, 0.15) is 24.0 Å². The van der Waals surface area contributed by atoms with E-state index in [-0.39, 0.29) is 6.42 Å². The number of carboxylic acid groups (broad SMARTS) is 1. The average molecular weight is 208 g/mol. The summed E-state index contributed by atoms with van der Waals surface area (Å²) in [5.41, 5.74) is 2.35. The largest absolute Gasteiger partial charge is 0.481 e. The van der Waals surface area contributed by atoms with Crippen molar-refractivity contribution >= 4 is 5.97 Å². The van der Waals surface area contributed by atoms with Crippen molar-refractivity contribution in [2.24, 2.45) is 0 Å². The third-order valence-corrected chi connectivity index (χ3v) is 2.07. The van der Waals surface area contributed by atoms with E-state index in [9.17, 15) is 4.79 Å². The molecule has 0 heterocycles. The minimum absolute atomic E-state index is 0.175.